The fourth-order valence-electron chi connectivity index (χ4n) is 4.16. The van der Waals surface area contributed by atoms with E-state index in [0.717, 1.165) is 16.8 Å². The summed E-state index contributed by atoms with van der Waals surface area (Å²) in [6.45, 7) is 1.82. The largest absolute Gasteiger partial charge is 0.457 e. The number of nitrogens with zero attached hydrogens (tertiary/aromatic N) is 2. The van der Waals surface area contributed by atoms with Crippen LogP contribution >= 0.6 is 0 Å². The Hall–Kier alpha value is -3.48. The molecule has 0 saturated carbocycles. The Morgan fingerprint density at radius 1 is 1.10 bits per heavy atom. The zero-order chi connectivity index (χ0) is 22.1. The van der Waals surface area contributed by atoms with E-state index in [4.69, 9.17) is 4.74 Å². The fraction of sp³-hybridized carbons (Fsp3) is 0.333. The Morgan fingerprint density at radius 3 is 2.58 bits per heavy atom. The first-order chi connectivity index (χ1) is 14.8. The molecule has 2 aliphatic rings. The van der Waals surface area contributed by atoms with E-state index >= 15 is 0 Å². The molecular weight excluding hydrogens is 396 g/mol. The summed E-state index contributed by atoms with van der Waals surface area (Å²) >= 11 is 0. The Bertz CT molecular complexity index is 1050. The number of ketones is 1. The number of ether oxygens (including phenoxy) is 1. The molecule has 0 aliphatic carbocycles. The highest BCUT2D eigenvalue weighted by Crippen LogP contribution is 2.30. The molecule has 7 nitrogen and oxygen atoms in total. The number of benzene rings is 2. The van der Waals surface area contributed by atoms with Crippen LogP contribution in [0.4, 0.5) is 5.69 Å². The van der Waals surface area contributed by atoms with Gasteiger partial charge in [0.05, 0.1) is 18.4 Å². The molecule has 1 fully saturated rings. The molecule has 2 atom stereocenters. The van der Waals surface area contributed by atoms with Crippen molar-refractivity contribution in [2.75, 3.05) is 25.1 Å². The number of Topliss-reactive ketones (excluding diaryl/α,β-unsaturated/α-hetero) is 1. The third kappa shape index (κ3) is 4.08. The molecular formula is C24H24N2O5. The standard InChI is InChI=1S/C24H24N2O5/c1-15(16-6-4-3-5-7-16)26-13-19(12-23(26)29)24(30)31-14-21(27)17-8-9-20-18(10-17)11-22(28)25(20)2/h3-10,15,19H,11-14H2,1-2H3/t15-,19-/m0/s1. The zero-order valence-electron chi connectivity index (χ0n) is 17.5. The normalized spacial score (nSPS) is 18.8. The lowest BCUT2D eigenvalue weighted by atomic mass is 10.1. The van der Waals surface area contributed by atoms with Gasteiger partial charge in [-0.05, 0) is 36.2 Å². The van der Waals surface area contributed by atoms with Gasteiger partial charge in [-0.1, -0.05) is 30.3 Å². The molecule has 2 aromatic carbocycles. The maximum Gasteiger partial charge on any atom is 0.311 e. The lowest BCUT2D eigenvalue weighted by molar-refractivity contribution is -0.147. The number of likely N-dealkylation sites (tertiary alicyclic amines) is 1. The number of carbonyl (C=O) groups excluding carboxylic acids is 4. The van der Waals surface area contributed by atoms with Crippen LogP contribution in [0.2, 0.25) is 0 Å². The molecule has 31 heavy (non-hydrogen) atoms. The summed E-state index contributed by atoms with van der Waals surface area (Å²) in [7, 11) is 1.70. The average Bonchev–Trinajstić information content (AvgIpc) is 3.31. The van der Waals surface area contributed by atoms with Gasteiger partial charge in [-0.15, -0.1) is 0 Å². The second-order valence-electron chi connectivity index (χ2n) is 8.04. The van der Waals surface area contributed by atoms with Crippen molar-refractivity contribution in [1.82, 2.24) is 4.90 Å². The smallest absolute Gasteiger partial charge is 0.311 e. The molecule has 0 bridgehead atoms. The van der Waals surface area contributed by atoms with Crippen molar-refractivity contribution in [3.05, 3.63) is 65.2 Å². The van der Waals surface area contributed by atoms with Crippen molar-refractivity contribution in [3.8, 4) is 0 Å². The van der Waals surface area contributed by atoms with Gasteiger partial charge in [0, 0.05) is 31.3 Å². The van der Waals surface area contributed by atoms with E-state index in [1.807, 2.05) is 37.3 Å². The third-order valence-electron chi connectivity index (χ3n) is 6.07. The van der Waals surface area contributed by atoms with Crippen molar-refractivity contribution in [2.45, 2.75) is 25.8 Å². The van der Waals surface area contributed by atoms with Gasteiger partial charge in [0.15, 0.2) is 12.4 Å². The topological polar surface area (TPSA) is 84.0 Å². The molecule has 160 valence electrons. The maximum atomic E-state index is 12.5. The van der Waals surface area contributed by atoms with Gasteiger partial charge in [-0.25, -0.2) is 0 Å². The van der Waals surface area contributed by atoms with Crippen LogP contribution in [0.3, 0.4) is 0 Å². The summed E-state index contributed by atoms with van der Waals surface area (Å²) in [6.07, 6.45) is 0.337. The van der Waals surface area contributed by atoms with Gasteiger partial charge in [-0.2, -0.15) is 0 Å². The van der Waals surface area contributed by atoms with E-state index in [1.165, 1.54) is 0 Å². The van der Waals surface area contributed by atoms with E-state index in [1.54, 1.807) is 35.0 Å². The summed E-state index contributed by atoms with van der Waals surface area (Å²) in [5.74, 6) is -1.58. The second kappa shape index (κ2) is 8.34. The molecule has 2 aromatic rings. The number of fused-ring (bicyclic) bond motifs is 1. The highest BCUT2D eigenvalue weighted by Gasteiger charge is 2.38. The number of amides is 2. The van der Waals surface area contributed by atoms with Crippen molar-refractivity contribution in [1.29, 1.82) is 0 Å². The van der Waals surface area contributed by atoms with Crippen LogP contribution in [-0.2, 0) is 25.5 Å². The van der Waals surface area contributed by atoms with Crippen molar-refractivity contribution < 1.29 is 23.9 Å². The summed E-state index contributed by atoms with van der Waals surface area (Å²) in [5, 5.41) is 0. The minimum absolute atomic E-state index is 0.0220. The summed E-state index contributed by atoms with van der Waals surface area (Å²) < 4.78 is 5.24. The van der Waals surface area contributed by atoms with Gasteiger partial charge < -0.3 is 14.5 Å². The highest BCUT2D eigenvalue weighted by molar-refractivity contribution is 6.04. The molecule has 0 spiro atoms. The minimum atomic E-state index is -0.585. The molecule has 0 aromatic heterocycles. The first-order valence-electron chi connectivity index (χ1n) is 10.3. The van der Waals surface area contributed by atoms with Crippen LogP contribution in [0.25, 0.3) is 0 Å². The van der Waals surface area contributed by atoms with Gasteiger partial charge in [0.1, 0.15) is 0 Å². The van der Waals surface area contributed by atoms with E-state index in [2.05, 4.69) is 0 Å². The number of rotatable bonds is 6. The highest BCUT2D eigenvalue weighted by atomic mass is 16.5. The number of hydrogen-bond acceptors (Lipinski definition) is 5. The molecule has 4 rings (SSSR count). The Morgan fingerprint density at radius 2 is 1.84 bits per heavy atom. The van der Waals surface area contributed by atoms with E-state index in [9.17, 15) is 19.2 Å². The van der Waals surface area contributed by atoms with Crippen LogP contribution in [0.15, 0.2) is 48.5 Å². The predicted molar refractivity (Wildman–Crippen MR) is 114 cm³/mol. The number of carbonyl (C=O) groups is 4. The SMILES string of the molecule is C[C@@H](c1ccccc1)N1C[C@@H](C(=O)OCC(=O)c2ccc3c(c2)CC(=O)N3C)CC1=O. The summed E-state index contributed by atoms with van der Waals surface area (Å²) in [4.78, 5) is 52.5. The summed E-state index contributed by atoms with van der Waals surface area (Å²) in [5.41, 5.74) is 2.98. The first kappa shape index (κ1) is 20.8. The van der Waals surface area contributed by atoms with Crippen molar-refractivity contribution >= 4 is 29.3 Å². The zero-order valence-corrected chi connectivity index (χ0v) is 17.5. The molecule has 7 heteroatoms. The molecule has 0 N–H and O–H groups in total. The maximum absolute atomic E-state index is 12.5. The molecule has 2 heterocycles. The summed E-state index contributed by atoms with van der Waals surface area (Å²) in [6, 6.07) is 14.5. The van der Waals surface area contributed by atoms with Gasteiger partial charge >= 0.3 is 5.97 Å². The van der Waals surface area contributed by atoms with Crippen molar-refractivity contribution in [2.24, 2.45) is 5.92 Å². The van der Waals surface area contributed by atoms with E-state index < -0.39 is 11.9 Å². The monoisotopic (exact) mass is 420 g/mol. The number of anilines is 1. The lowest BCUT2D eigenvalue weighted by Gasteiger charge is -2.25. The lowest BCUT2D eigenvalue weighted by Crippen LogP contribution is -2.30. The minimum Gasteiger partial charge on any atom is -0.457 e. The number of hydrogen-bond donors (Lipinski definition) is 0. The first-order valence-corrected chi connectivity index (χ1v) is 10.3. The quantitative estimate of drug-likeness (QED) is 0.530. The molecule has 2 amide bonds. The Kier molecular flexibility index (Phi) is 5.59. The Balaban J connectivity index is 1.34. The van der Waals surface area contributed by atoms with Crippen LogP contribution in [0, 0.1) is 5.92 Å². The van der Waals surface area contributed by atoms with Gasteiger partial charge in [0.25, 0.3) is 0 Å². The number of likely N-dealkylation sites (N-methyl/N-ethyl adjacent to an activating group) is 1. The number of esters is 1. The fourth-order valence-corrected chi connectivity index (χ4v) is 4.16. The molecule has 1 saturated heterocycles. The van der Waals surface area contributed by atoms with Crippen LogP contribution in [0.1, 0.15) is 40.9 Å². The van der Waals surface area contributed by atoms with E-state index in [0.29, 0.717) is 5.56 Å². The van der Waals surface area contributed by atoms with Crippen LogP contribution < -0.4 is 4.90 Å². The molecule has 0 radical (unpaired) electrons. The second-order valence-corrected chi connectivity index (χ2v) is 8.04. The van der Waals surface area contributed by atoms with E-state index in [-0.39, 0.29) is 49.6 Å². The van der Waals surface area contributed by atoms with Gasteiger partial charge in [-0.3, -0.25) is 19.2 Å². The van der Waals surface area contributed by atoms with Crippen molar-refractivity contribution in [3.63, 3.8) is 0 Å². The average molecular weight is 420 g/mol. The van der Waals surface area contributed by atoms with Crippen LogP contribution in [0.5, 0.6) is 0 Å². The van der Waals surface area contributed by atoms with Crippen LogP contribution in [-0.4, -0.2) is 48.7 Å². The third-order valence-corrected chi connectivity index (χ3v) is 6.07. The Labute approximate surface area is 180 Å². The predicted octanol–water partition coefficient (Wildman–Crippen LogP) is 2.54. The van der Waals surface area contributed by atoms with Gasteiger partial charge in [0.2, 0.25) is 11.8 Å². The molecule has 2 aliphatic heterocycles. The molecule has 0 unspecified atom stereocenters.